The summed E-state index contributed by atoms with van der Waals surface area (Å²) in [5.41, 5.74) is 0.995. The normalized spacial score (nSPS) is 16.9. The van der Waals surface area contributed by atoms with Crippen LogP contribution in [0.1, 0.15) is 29.8 Å². The molecule has 0 saturated carbocycles. The van der Waals surface area contributed by atoms with E-state index in [9.17, 15) is 19.6 Å². The first-order valence-electron chi connectivity index (χ1n) is 8.77. The predicted molar refractivity (Wildman–Crippen MR) is 100 cm³/mol. The van der Waals surface area contributed by atoms with Crippen LogP contribution in [0.4, 0.5) is 5.69 Å². The van der Waals surface area contributed by atoms with Gasteiger partial charge >= 0.3 is 0 Å². The van der Waals surface area contributed by atoms with Crippen LogP contribution in [0.5, 0.6) is 0 Å². The summed E-state index contributed by atoms with van der Waals surface area (Å²) >= 11 is 0. The van der Waals surface area contributed by atoms with Crippen molar-refractivity contribution in [1.82, 2.24) is 9.47 Å². The number of piperazine rings is 1. The van der Waals surface area contributed by atoms with Gasteiger partial charge in [-0.05, 0) is 32.0 Å². The fourth-order valence-corrected chi connectivity index (χ4v) is 3.23. The minimum absolute atomic E-state index is 0.101. The van der Waals surface area contributed by atoms with E-state index in [1.54, 1.807) is 41.4 Å². The molecule has 0 bridgehead atoms. The summed E-state index contributed by atoms with van der Waals surface area (Å²) in [5.74, 6) is -0.601. The van der Waals surface area contributed by atoms with Crippen LogP contribution in [0, 0.1) is 11.3 Å². The first-order chi connectivity index (χ1) is 13.0. The number of anilines is 1. The van der Waals surface area contributed by atoms with E-state index in [2.05, 4.69) is 6.07 Å². The number of nitriles is 1. The van der Waals surface area contributed by atoms with Gasteiger partial charge in [-0.1, -0.05) is 12.1 Å². The first-order valence-corrected chi connectivity index (χ1v) is 8.77. The minimum atomic E-state index is -0.343. The third-order valence-electron chi connectivity index (χ3n) is 4.75. The summed E-state index contributed by atoms with van der Waals surface area (Å²) in [6, 6.07) is 11.6. The van der Waals surface area contributed by atoms with Gasteiger partial charge in [-0.25, -0.2) is 0 Å². The van der Waals surface area contributed by atoms with E-state index in [1.807, 2.05) is 13.8 Å². The van der Waals surface area contributed by atoms with Crippen molar-refractivity contribution in [1.29, 1.82) is 5.26 Å². The van der Waals surface area contributed by atoms with Gasteiger partial charge < -0.3 is 14.4 Å². The number of nitrogens with zero attached hydrogens (tertiary/aromatic N) is 4. The highest BCUT2D eigenvalue weighted by Crippen LogP contribution is 2.24. The van der Waals surface area contributed by atoms with Crippen molar-refractivity contribution >= 4 is 17.5 Å². The summed E-state index contributed by atoms with van der Waals surface area (Å²) in [6.07, 6.45) is 1.58. The van der Waals surface area contributed by atoms with Gasteiger partial charge in [0, 0.05) is 37.0 Å². The number of pyridine rings is 1. The lowest BCUT2D eigenvalue weighted by molar-refractivity contribution is -0.121. The lowest BCUT2D eigenvalue weighted by Crippen LogP contribution is -2.57. The van der Waals surface area contributed by atoms with Crippen LogP contribution in [0.15, 0.2) is 47.4 Å². The van der Waals surface area contributed by atoms with Gasteiger partial charge in [0.25, 0.3) is 11.5 Å². The Balaban J connectivity index is 1.84. The van der Waals surface area contributed by atoms with Crippen molar-refractivity contribution in [2.45, 2.75) is 26.4 Å². The number of aryl methyl sites for hydroxylation is 1. The Morgan fingerprint density at radius 1 is 1.26 bits per heavy atom. The zero-order valence-electron chi connectivity index (χ0n) is 15.3. The zero-order chi connectivity index (χ0) is 19.6. The van der Waals surface area contributed by atoms with Crippen molar-refractivity contribution < 1.29 is 9.59 Å². The molecule has 0 aliphatic carbocycles. The molecule has 1 atom stereocenters. The molecule has 1 aromatic heterocycles. The highest BCUT2D eigenvalue weighted by atomic mass is 16.2. The summed E-state index contributed by atoms with van der Waals surface area (Å²) in [6.45, 7) is 4.41. The molecule has 138 valence electrons. The largest absolute Gasteiger partial charge is 0.325 e. The van der Waals surface area contributed by atoms with Crippen LogP contribution in [0.2, 0.25) is 0 Å². The highest BCUT2D eigenvalue weighted by molar-refractivity contribution is 6.02. The number of aromatic nitrogens is 1. The Kier molecular flexibility index (Phi) is 5.08. The molecule has 2 amide bonds. The molecule has 1 saturated heterocycles. The fourth-order valence-electron chi connectivity index (χ4n) is 3.23. The number of benzene rings is 1. The van der Waals surface area contributed by atoms with Gasteiger partial charge in [0.05, 0.1) is 11.3 Å². The molecule has 1 aliphatic rings. The van der Waals surface area contributed by atoms with E-state index < -0.39 is 0 Å². The maximum atomic E-state index is 12.8. The molecular weight excluding hydrogens is 344 g/mol. The van der Waals surface area contributed by atoms with Crippen LogP contribution < -0.4 is 10.5 Å². The Morgan fingerprint density at radius 2 is 2.00 bits per heavy atom. The summed E-state index contributed by atoms with van der Waals surface area (Å²) < 4.78 is 1.50. The SMILES string of the molecule is CCn1ccc(C(=O)N2CC(=O)N(c3ccccc3C#N)C[C@H]2C)cc1=O. The molecule has 0 radical (unpaired) electrons. The highest BCUT2D eigenvalue weighted by Gasteiger charge is 2.34. The molecular formula is C20H20N4O3. The Bertz CT molecular complexity index is 989. The number of para-hydroxylation sites is 1. The minimum Gasteiger partial charge on any atom is -0.325 e. The third-order valence-corrected chi connectivity index (χ3v) is 4.75. The Hall–Kier alpha value is -3.40. The van der Waals surface area contributed by atoms with Crippen molar-refractivity contribution in [3.63, 3.8) is 0 Å². The maximum Gasteiger partial charge on any atom is 0.254 e. The lowest BCUT2D eigenvalue weighted by Gasteiger charge is -2.39. The summed E-state index contributed by atoms with van der Waals surface area (Å²) in [7, 11) is 0. The molecule has 1 aromatic carbocycles. The van der Waals surface area contributed by atoms with E-state index >= 15 is 0 Å². The third kappa shape index (κ3) is 3.47. The van der Waals surface area contributed by atoms with Crippen LogP contribution in [0.25, 0.3) is 0 Å². The van der Waals surface area contributed by atoms with Gasteiger partial charge in [0.1, 0.15) is 12.6 Å². The molecule has 7 heteroatoms. The van der Waals surface area contributed by atoms with Crippen LogP contribution in [-0.2, 0) is 11.3 Å². The van der Waals surface area contributed by atoms with Crippen molar-refractivity contribution in [3.8, 4) is 6.07 Å². The van der Waals surface area contributed by atoms with Gasteiger partial charge in [-0.3, -0.25) is 14.4 Å². The number of rotatable bonds is 3. The van der Waals surface area contributed by atoms with Crippen molar-refractivity contribution in [3.05, 3.63) is 64.1 Å². The van der Waals surface area contributed by atoms with E-state index in [0.717, 1.165) is 0 Å². The molecule has 0 N–H and O–H groups in total. The average molecular weight is 364 g/mol. The second-order valence-corrected chi connectivity index (χ2v) is 6.46. The predicted octanol–water partition coefficient (Wildman–Crippen LogP) is 1.62. The van der Waals surface area contributed by atoms with E-state index in [1.165, 1.54) is 15.5 Å². The molecule has 2 heterocycles. The monoisotopic (exact) mass is 364 g/mol. The first kappa shape index (κ1) is 18.4. The van der Waals surface area contributed by atoms with Crippen LogP contribution in [0.3, 0.4) is 0 Å². The Morgan fingerprint density at radius 3 is 2.67 bits per heavy atom. The van der Waals surface area contributed by atoms with Gasteiger partial charge in [-0.2, -0.15) is 5.26 Å². The van der Waals surface area contributed by atoms with Crippen molar-refractivity contribution in [2.75, 3.05) is 18.0 Å². The standard InChI is InChI=1S/C20H20N4O3/c1-3-22-9-8-15(10-18(22)25)20(27)23-13-19(26)24(12-14(23)2)17-7-5-4-6-16(17)11-21/h4-10,14H,3,12-13H2,1-2H3/t14-/m1/s1. The number of amides is 2. The quantitative estimate of drug-likeness (QED) is 0.828. The van der Waals surface area contributed by atoms with Crippen LogP contribution in [-0.4, -0.2) is 40.4 Å². The maximum absolute atomic E-state index is 12.8. The summed E-state index contributed by atoms with van der Waals surface area (Å²) in [5, 5.41) is 9.27. The van der Waals surface area contributed by atoms with E-state index in [0.29, 0.717) is 17.8 Å². The molecule has 27 heavy (non-hydrogen) atoms. The fraction of sp³-hybridized carbons (Fsp3) is 0.300. The second kappa shape index (κ2) is 7.46. The zero-order valence-corrected chi connectivity index (χ0v) is 15.3. The number of hydrogen-bond acceptors (Lipinski definition) is 4. The number of hydrogen-bond donors (Lipinski definition) is 0. The average Bonchev–Trinajstić information content (AvgIpc) is 2.68. The molecule has 1 fully saturated rings. The van der Waals surface area contributed by atoms with Crippen molar-refractivity contribution in [2.24, 2.45) is 0 Å². The smallest absolute Gasteiger partial charge is 0.254 e. The number of carbonyl (C=O) groups is 2. The topological polar surface area (TPSA) is 86.4 Å². The number of carbonyl (C=O) groups excluding carboxylic acids is 2. The van der Waals surface area contributed by atoms with E-state index in [4.69, 9.17) is 0 Å². The Labute approximate surface area is 157 Å². The molecule has 0 spiro atoms. The van der Waals surface area contributed by atoms with Crippen LogP contribution >= 0.6 is 0 Å². The summed E-state index contributed by atoms with van der Waals surface area (Å²) in [4.78, 5) is 40.5. The molecule has 3 rings (SSSR count). The second-order valence-electron chi connectivity index (χ2n) is 6.46. The van der Waals surface area contributed by atoms with Gasteiger partial charge in [0.2, 0.25) is 5.91 Å². The lowest BCUT2D eigenvalue weighted by atomic mass is 10.1. The van der Waals surface area contributed by atoms with E-state index in [-0.39, 0.29) is 42.1 Å². The van der Waals surface area contributed by atoms with Gasteiger partial charge in [-0.15, -0.1) is 0 Å². The molecule has 7 nitrogen and oxygen atoms in total. The molecule has 1 aliphatic heterocycles. The van der Waals surface area contributed by atoms with Gasteiger partial charge in [0.15, 0.2) is 0 Å². The molecule has 2 aromatic rings. The molecule has 0 unspecified atom stereocenters.